The van der Waals surface area contributed by atoms with Gasteiger partial charge in [0, 0.05) is 25.8 Å². The molecule has 19 heavy (non-hydrogen) atoms. The van der Waals surface area contributed by atoms with E-state index >= 15 is 0 Å². The number of carbonyl (C=O) groups is 1. The predicted octanol–water partition coefficient (Wildman–Crippen LogP) is 2.67. The van der Waals surface area contributed by atoms with Crippen LogP contribution in [-0.2, 0) is 4.79 Å². The summed E-state index contributed by atoms with van der Waals surface area (Å²) in [5, 5.41) is 17.7. The third kappa shape index (κ3) is 7.44. The molecule has 0 spiro atoms. The minimum absolute atomic E-state index is 0.311. The Morgan fingerprint density at radius 3 is 1.68 bits per heavy atom. The van der Waals surface area contributed by atoms with Gasteiger partial charge in [0.1, 0.15) is 18.3 Å². The first-order valence-corrected chi connectivity index (χ1v) is 5.59. The molecule has 2 aromatic rings. The minimum atomic E-state index is 0.311. The van der Waals surface area contributed by atoms with Crippen LogP contribution in [0.3, 0.4) is 0 Å². The number of nitrogens with zero attached hydrogens (tertiary/aromatic N) is 1. The lowest BCUT2D eigenvalue weighted by molar-refractivity contribution is -0.0979. The molecule has 0 aromatic heterocycles. The number of hydrogen-bond acceptors (Lipinski definition) is 4. The maximum absolute atomic E-state index is 9.04. The molecule has 0 saturated heterocycles. The smallest absolute Gasteiger partial charge is 0.117 e. The molecule has 102 valence electrons. The van der Waals surface area contributed by atoms with Crippen LogP contribution in [0.25, 0.3) is 0 Å². The molecule has 0 aliphatic carbocycles. The van der Waals surface area contributed by atoms with Crippen LogP contribution in [0.4, 0.5) is 5.69 Å². The van der Waals surface area contributed by atoms with Crippen molar-refractivity contribution in [3.8, 4) is 11.5 Å². The molecule has 2 rings (SSSR count). The van der Waals surface area contributed by atoms with Gasteiger partial charge in [0.05, 0.1) is 0 Å². The highest BCUT2D eigenvalue weighted by molar-refractivity contribution is 5.48. The second kappa shape index (κ2) is 9.53. The molecule has 0 aliphatic heterocycles. The van der Waals surface area contributed by atoms with E-state index in [0.717, 1.165) is 5.69 Å². The third-order valence-electron chi connectivity index (χ3n) is 2.10. The van der Waals surface area contributed by atoms with Gasteiger partial charge in [-0.1, -0.05) is 24.3 Å². The number of rotatable bonds is 1. The van der Waals surface area contributed by atoms with Crippen LogP contribution in [0, 0.1) is 0 Å². The Morgan fingerprint density at radius 1 is 0.842 bits per heavy atom. The van der Waals surface area contributed by atoms with Crippen LogP contribution < -0.4 is 4.90 Å². The molecule has 4 nitrogen and oxygen atoms in total. The number of hydrogen-bond donors (Lipinski definition) is 2. The van der Waals surface area contributed by atoms with E-state index in [-0.39, 0.29) is 0 Å². The first kappa shape index (κ1) is 16.5. The van der Waals surface area contributed by atoms with E-state index in [4.69, 9.17) is 15.0 Å². The molecule has 2 aromatic carbocycles. The molecular formula is C15H19NO3. The van der Waals surface area contributed by atoms with Gasteiger partial charge in [-0.2, -0.15) is 0 Å². The predicted molar refractivity (Wildman–Crippen MR) is 77.7 cm³/mol. The second-order valence-corrected chi connectivity index (χ2v) is 3.75. The Labute approximate surface area is 113 Å². The van der Waals surface area contributed by atoms with Gasteiger partial charge in [-0.15, -0.1) is 0 Å². The number of para-hydroxylation sites is 1. The summed E-state index contributed by atoms with van der Waals surface area (Å²) in [6, 6.07) is 15.9. The quantitative estimate of drug-likeness (QED) is 0.828. The fourth-order valence-electron chi connectivity index (χ4n) is 1.20. The molecule has 0 aliphatic rings. The van der Waals surface area contributed by atoms with Crippen LogP contribution in [0.1, 0.15) is 0 Å². The Bertz CT molecular complexity index is 458. The van der Waals surface area contributed by atoms with E-state index in [9.17, 15) is 0 Å². The Kier molecular flexibility index (Phi) is 8.28. The standard InChI is InChI=1S/C8H11NO.C6H6O.CH2O/c1-9(2)7-4-3-5-8(10)6-7;7-6-4-2-1-3-5-6;1-2/h3-6,10H,1-2H3;1-5,7H;1H2. The highest BCUT2D eigenvalue weighted by Crippen LogP contribution is 2.16. The number of benzene rings is 2. The van der Waals surface area contributed by atoms with Crippen LogP contribution >= 0.6 is 0 Å². The molecule has 0 saturated carbocycles. The summed E-state index contributed by atoms with van der Waals surface area (Å²) < 4.78 is 0. The number of phenolic OH excluding ortho intramolecular Hbond substituents is 2. The summed E-state index contributed by atoms with van der Waals surface area (Å²) >= 11 is 0. The van der Waals surface area contributed by atoms with Crippen molar-refractivity contribution in [2.24, 2.45) is 0 Å². The zero-order chi connectivity index (χ0) is 14.7. The van der Waals surface area contributed by atoms with Crippen LogP contribution in [0.2, 0.25) is 0 Å². The van der Waals surface area contributed by atoms with Gasteiger partial charge in [0.15, 0.2) is 0 Å². The van der Waals surface area contributed by atoms with E-state index in [1.807, 2.05) is 44.0 Å². The van der Waals surface area contributed by atoms with Crippen molar-refractivity contribution >= 4 is 12.5 Å². The Balaban J connectivity index is 0.000000316. The SMILES string of the molecule is C=O.CN(C)c1cccc(O)c1.Oc1ccccc1. The topological polar surface area (TPSA) is 60.8 Å². The summed E-state index contributed by atoms with van der Waals surface area (Å²) in [4.78, 5) is 9.94. The molecule has 0 bridgehead atoms. The van der Waals surface area contributed by atoms with Crippen molar-refractivity contribution in [3.63, 3.8) is 0 Å². The van der Waals surface area contributed by atoms with Crippen LogP contribution in [-0.4, -0.2) is 31.1 Å². The van der Waals surface area contributed by atoms with Crippen molar-refractivity contribution in [2.75, 3.05) is 19.0 Å². The lowest BCUT2D eigenvalue weighted by Crippen LogP contribution is -2.07. The monoisotopic (exact) mass is 261 g/mol. The summed E-state index contributed by atoms with van der Waals surface area (Å²) in [6.07, 6.45) is 0. The summed E-state index contributed by atoms with van der Waals surface area (Å²) in [5.41, 5.74) is 1.01. The van der Waals surface area contributed by atoms with Gasteiger partial charge >= 0.3 is 0 Å². The van der Waals surface area contributed by atoms with Crippen LogP contribution in [0.5, 0.6) is 11.5 Å². The first-order chi connectivity index (χ1) is 9.09. The van der Waals surface area contributed by atoms with E-state index in [1.165, 1.54) is 0 Å². The zero-order valence-corrected chi connectivity index (χ0v) is 11.2. The van der Waals surface area contributed by atoms with Gasteiger partial charge in [-0.05, 0) is 24.3 Å². The van der Waals surface area contributed by atoms with Gasteiger partial charge in [-0.3, -0.25) is 0 Å². The Morgan fingerprint density at radius 2 is 1.37 bits per heavy atom. The van der Waals surface area contributed by atoms with Gasteiger partial charge < -0.3 is 19.9 Å². The van der Waals surface area contributed by atoms with Gasteiger partial charge in [0.2, 0.25) is 0 Å². The van der Waals surface area contributed by atoms with Crippen molar-refractivity contribution in [1.29, 1.82) is 0 Å². The number of carbonyl (C=O) groups excluding carboxylic acids is 1. The largest absolute Gasteiger partial charge is 0.508 e. The molecule has 2 N–H and O–H groups in total. The van der Waals surface area contributed by atoms with E-state index in [0.29, 0.717) is 11.5 Å². The number of aromatic hydroxyl groups is 2. The highest BCUT2D eigenvalue weighted by atomic mass is 16.3. The molecule has 0 amide bonds. The average Bonchev–Trinajstić information content (AvgIpc) is 2.42. The highest BCUT2D eigenvalue weighted by Gasteiger charge is 1.93. The molecule has 0 heterocycles. The molecule has 0 unspecified atom stereocenters. The van der Waals surface area contributed by atoms with Gasteiger partial charge in [0.25, 0.3) is 0 Å². The lowest BCUT2D eigenvalue weighted by Gasteiger charge is -2.11. The molecule has 0 radical (unpaired) electrons. The first-order valence-electron chi connectivity index (χ1n) is 5.59. The lowest BCUT2D eigenvalue weighted by atomic mass is 10.3. The van der Waals surface area contributed by atoms with Crippen molar-refractivity contribution in [2.45, 2.75) is 0 Å². The zero-order valence-electron chi connectivity index (χ0n) is 11.2. The molecule has 0 fully saturated rings. The van der Waals surface area contributed by atoms with Crippen molar-refractivity contribution < 1.29 is 15.0 Å². The fraction of sp³-hybridized carbons (Fsp3) is 0.133. The van der Waals surface area contributed by atoms with Gasteiger partial charge in [-0.25, -0.2) is 0 Å². The Hall–Kier alpha value is -2.49. The summed E-state index contributed by atoms with van der Waals surface area (Å²) in [7, 11) is 3.88. The van der Waals surface area contributed by atoms with Crippen molar-refractivity contribution in [1.82, 2.24) is 0 Å². The average molecular weight is 261 g/mol. The molecule has 4 heteroatoms. The summed E-state index contributed by atoms with van der Waals surface area (Å²) in [5.74, 6) is 0.633. The summed E-state index contributed by atoms with van der Waals surface area (Å²) in [6.45, 7) is 2.00. The fourth-order valence-corrected chi connectivity index (χ4v) is 1.20. The molecular weight excluding hydrogens is 242 g/mol. The van der Waals surface area contributed by atoms with Crippen molar-refractivity contribution in [3.05, 3.63) is 54.6 Å². The normalized spacial score (nSPS) is 8.32. The maximum Gasteiger partial charge on any atom is 0.117 e. The molecule has 0 atom stereocenters. The minimum Gasteiger partial charge on any atom is -0.508 e. The second-order valence-electron chi connectivity index (χ2n) is 3.75. The number of anilines is 1. The van der Waals surface area contributed by atoms with E-state index in [2.05, 4.69) is 0 Å². The third-order valence-corrected chi connectivity index (χ3v) is 2.10. The maximum atomic E-state index is 9.04. The number of phenols is 2. The van der Waals surface area contributed by atoms with E-state index in [1.54, 1.807) is 36.4 Å². The van der Waals surface area contributed by atoms with Crippen LogP contribution in [0.15, 0.2) is 54.6 Å². The van der Waals surface area contributed by atoms with E-state index < -0.39 is 0 Å².